The van der Waals surface area contributed by atoms with Gasteiger partial charge in [0.15, 0.2) is 0 Å². The minimum absolute atomic E-state index is 0.266. The van der Waals surface area contributed by atoms with Crippen molar-refractivity contribution in [1.29, 1.82) is 0 Å². The summed E-state index contributed by atoms with van der Waals surface area (Å²) < 4.78 is 0. The van der Waals surface area contributed by atoms with Crippen LogP contribution in [0, 0.1) is 6.92 Å². The minimum atomic E-state index is 0.266. The van der Waals surface area contributed by atoms with Gasteiger partial charge in [0.2, 0.25) is 0 Å². The second-order valence-corrected chi connectivity index (χ2v) is 3.23. The maximum atomic E-state index is 5.65. The summed E-state index contributed by atoms with van der Waals surface area (Å²) in [7, 11) is 1.92. The lowest BCUT2D eigenvalue weighted by molar-refractivity contribution is 0.682. The molecular weight excluding hydrogens is 162 g/mol. The van der Waals surface area contributed by atoms with Crippen molar-refractivity contribution in [1.82, 2.24) is 5.32 Å². The third-order valence-corrected chi connectivity index (χ3v) is 2.06. The van der Waals surface area contributed by atoms with Crippen LogP contribution in [0.15, 0.2) is 18.2 Å². The molecule has 0 heterocycles. The number of nitrogens with one attached hydrogen (secondary N) is 2. The second-order valence-electron chi connectivity index (χ2n) is 3.23. The highest BCUT2D eigenvalue weighted by Crippen LogP contribution is 2.17. The Morgan fingerprint density at radius 3 is 2.62 bits per heavy atom. The molecule has 1 rings (SSSR count). The Hall–Kier alpha value is -1.22. The highest BCUT2D eigenvalue weighted by Gasteiger charge is 2.00. The second kappa shape index (κ2) is 4.14. The Balaban J connectivity index is 2.77. The number of nitrogens with two attached hydrogens (primary N) is 1. The molecule has 72 valence electrons. The van der Waals surface area contributed by atoms with Crippen molar-refractivity contribution in [3.8, 4) is 0 Å². The average molecular weight is 179 g/mol. The molecule has 0 fully saturated rings. The zero-order valence-corrected chi connectivity index (χ0v) is 8.39. The molecule has 0 spiro atoms. The van der Waals surface area contributed by atoms with Crippen molar-refractivity contribution in [2.24, 2.45) is 0 Å². The maximum Gasteiger partial charge on any atom is 0.0736 e. The van der Waals surface area contributed by atoms with Crippen molar-refractivity contribution in [3.05, 3.63) is 23.8 Å². The molecule has 3 heteroatoms. The van der Waals surface area contributed by atoms with Gasteiger partial charge in [-0.3, -0.25) is 0 Å². The van der Waals surface area contributed by atoms with Crippen molar-refractivity contribution in [2.45, 2.75) is 20.0 Å². The van der Waals surface area contributed by atoms with Crippen LogP contribution in [-0.4, -0.2) is 13.2 Å². The van der Waals surface area contributed by atoms with E-state index in [0.29, 0.717) is 0 Å². The highest BCUT2D eigenvalue weighted by atomic mass is 15.1. The van der Waals surface area contributed by atoms with Crippen LogP contribution in [-0.2, 0) is 0 Å². The Bertz CT molecular complexity index is 283. The molecule has 0 amide bonds. The fourth-order valence-corrected chi connectivity index (χ4v) is 1.15. The summed E-state index contributed by atoms with van der Waals surface area (Å²) in [6.07, 6.45) is 0.266. The molecule has 0 radical (unpaired) electrons. The summed E-state index contributed by atoms with van der Waals surface area (Å²) in [6.45, 7) is 4.11. The van der Waals surface area contributed by atoms with E-state index in [9.17, 15) is 0 Å². The zero-order chi connectivity index (χ0) is 9.84. The van der Waals surface area contributed by atoms with E-state index in [1.807, 2.05) is 32.2 Å². The Kier molecular flexibility index (Phi) is 3.14. The Morgan fingerprint density at radius 2 is 2.08 bits per heavy atom. The highest BCUT2D eigenvalue weighted by molar-refractivity contribution is 5.57. The van der Waals surface area contributed by atoms with Gasteiger partial charge in [0.05, 0.1) is 6.17 Å². The molecule has 4 N–H and O–H groups in total. The molecule has 0 aliphatic rings. The maximum absolute atomic E-state index is 5.65. The molecule has 0 bridgehead atoms. The first-order valence-electron chi connectivity index (χ1n) is 4.43. The van der Waals surface area contributed by atoms with Crippen LogP contribution in [0.2, 0.25) is 0 Å². The molecule has 0 saturated carbocycles. The average Bonchev–Trinajstić information content (AvgIpc) is 2.09. The van der Waals surface area contributed by atoms with Gasteiger partial charge in [0, 0.05) is 11.4 Å². The van der Waals surface area contributed by atoms with Gasteiger partial charge in [-0.15, -0.1) is 0 Å². The first-order valence-corrected chi connectivity index (χ1v) is 4.43. The molecular formula is C10H17N3. The summed E-state index contributed by atoms with van der Waals surface area (Å²) in [5, 5.41) is 6.43. The number of hydrogen-bond donors (Lipinski definition) is 3. The van der Waals surface area contributed by atoms with Gasteiger partial charge in [-0.2, -0.15) is 0 Å². The Morgan fingerprint density at radius 1 is 1.38 bits per heavy atom. The normalized spacial score (nSPS) is 12.5. The number of aryl methyl sites for hydroxylation is 1. The van der Waals surface area contributed by atoms with E-state index in [4.69, 9.17) is 5.73 Å². The van der Waals surface area contributed by atoms with E-state index < -0.39 is 0 Å². The van der Waals surface area contributed by atoms with Crippen LogP contribution in [0.4, 0.5) is 11.4 Å². The fraction of sp³-hybridized carbons (Fsp3) is 0.400. The number of hydrogen-bond acceptors (Lipinski definition) is 3. The summed E-state index contributed by atoms with van der Waals surface area (Å²) in [6, 6.07) is 5.86. The van der Waals surface area contributed by atoms with Gasteiger partial charge in [-0.1, -0.05) is 0 Å². The van der Waals surface area contributed by atoms with Gasteiger partial charge in [-0.25, -0.2) is 0 Å². The van der Waals surface area contributed by atoms with Gasteiger partial charge in [0.25, 0.3) is 0 Å². The van der Waals surface area contributed by atoms with Crippen LogP contribution in [0.1, 0.15) is 12.5 Å². The lowest BCUT2D eigenvalue weighted by Gasteiger charge is -2.16. The van der Waals surface area contributed by atoms with E-state index in [-0.39, 0.29) is 6.17 Å². The van der Waals surface area contributed by atoms with E-state index in [1.165, 1.54) is 5.56 Å². The van der Waals surface area contributed by atoms with E-state index >= 15 is 0 Å². The van der Waals surface area contributed by atoms with Crippen molar-refractivity contribution < 1.29 is 0 Å². The van der Waals surface area contributed by atoms with Crippen molar-refractivity contribution >= 4 is 11.4 Å². The van der Waals surface area contributed by atoms with Crippen LogP contribution < -0.4 is 16.4 Å². The summed E-state index contributed by atoms with van der Waals surface area (Å²) in [4.78, 5) is 0. The van der Waals surface area contributed by atoms with E-state index in [1.54, 1.807) is 0 Å². The number of rotatable bonds is 3. The largest absolute Gasteiger partial charge is 0.399 e. The standard InChI is InChI=1S/C10H17N3/c1-7-6-9(11)4-5-10(7)13-8(2)12-3/h4-6,8,12-13H,11H2,1-3H3. The SMILES string of the molecule is CNC(C)Nc1ccc(N)cc1C. The zero-order valence-electron chi connectivity index (χ0n) is 8.39. The van der Waals surface area contributed by atoms with Crippen LogP contribution in [0.5, 0.6) is 0 Å². The van der Waals surface area contributed by atoms with Gasteiger partial charge < -0.3 is 16.4 Å². The minimum Gasteiger partial charge on any atom is -0.399 e. The monoisotopic (exact) mass is 179 g/mol. The molecule has 1 aromatic rings. The lowest BCUT2D eigenvalue weighted by Crippen LogP contribution is -2.29. The number of benzene rings is 1. The van der Waals surface area contributed by atoms with E-state index in [2.05, 4.69) is 17.6 Å². The predicted octanol–water partition coefficient (Wildman–Crippen LogP) is 1.55. The summed E-state index contributed by atoms with van der Waals surface area (Å²) in [5.74, 6) is 0. The topological polar surface area (TPSA) is 50.1 Å². The van der Waals surface area contributed by atoms with Gasteiger partial charge in [-0.05, 0) is 44.7 Å². The summed E-state index contributed by atoms with van der Waals surface area (Å²) >= 11 is 0. The molecule has 3 nitrogen and oxygen atoms in total. The molecule has 0 aliphatic carbocycles. The molecule has 0 aliphatic heterocycles. The first kappa shape index (κ1) is 9.86. The molecule has 1 aromatic carbocycles. The summed E-state index contributed by atoms with van der Waals surface area (Å²) in [5.41, 5.74) is 8.74. The lowest BCUT2D eigenvalue weighted by atomic mass is 10.2. The van der Waals surface area contributed by atoms with Crippen LogP contribution >= 0.6 is 0 Å². The smallest absolute Gasteiger partial charge is 0.0736 e. The molecule has 1 unspecified atom stereocenters. The van der Waals surface area contributed by atoms with Crippen molar-refractivity contribution in [2.75, 3.05) is 18.1 Å². The molecule has 1 atom stereocenters. The van der Waals surface area contributed by atoms with Gasteiger partial charge >= 0.3 is 0 Å². The van der Waals surface area contributed by atoms with Gasteiger partial charge in [0.1, 0.15) is 0 Å². The van der Waals surface area contributed by atoms with E-state index in [0.717, 1.165) is 11.4 Å². The van der Waals surface area contributed by atoms with Crippen molar-refractivity contribution in [3.63, 3.8) is 0 Å². The quantitative estimate of drug-likeness (QED) is 0.487. The number of anilines is 2. The third kappa shape index (κ3) is 2.63. The third-order valence-electron chi connectivity index (χ3n) is 2.06. The fourth-order valence-electron chi connectivity index (χ4n) is 1.15. The number of nitrogen functional groups attached to an aromatic ring is 1. The first-order chi connectivity index (χ1) is 6.13. The molecule has 0 saturated heterocycles. The Labute approximate surface area is 79.3 Å². The molecule has 13 heavy (non-hydrogen) atoms. The molecule has 0 aromatic heterocycles. The van der Waals surface area contributed by atoms with Crippen LogP contribution in [0.3, 0.4) is 0 Å². The predicted molar refractivity (Wildman–Crippen MR) is 57.7 cm³/mol. The van der Waals surface area contributed by atoms with Crippen LogP contribution in [0.25, 0.3) is 0 Å².